The van der Waals surface area contributed by atoms with Gasteiger partial charge in [0.05, 0.1) is 5.69 Å². The van der Waals surface area contributed by atoms with Crippen molar-refractivity contribution in [3.63, 3.8) is 0 Å². The Bertz CT molecular complexity index is 817. The van der Waals surface area contributed by atoms with Crippen molar-refractivity contribution in [3.8, 4) is 11.4 Å². The molecular formula is C19H21N5. The molecule has 5 heteroatoms. The largest absolute Gasteiger partial charge is 0.304 e. The average molecular weight is 319 g/mol. The summed E-state index contributed by atoms with van der Waals surface area (Å²) in [6.45, 7) is 6.86. The molecule has 0 saturated heterocycles. The molecule has 122 valence electrons. The first kappa shape index (κ1) is 16.2. The maximum atomic E-state index is 4.64. The first-order valence-corrected chi connectivity index (χ1v) is 8.03. The molecule has 3 rings (SSSR count). The highest BCUT2D eigenvalue weighted by Crippen LogP contribution is 2.19. The van der Waals surface area contributed by atoms with E-state index in [-0.39, 0.29) is 6.04 Å². The zero-order chi connectivity index (χ0) is 16.9. The zero-order valence-electron chi connectivity index (χ0n) is 14.2. The number of hydrogen-bond acceptors (Lipinski definition) is 5. The number of rotatable bonds is 5. The molecule has 0 aliphatic carbocycles. The van der Waals surface area contributed by atoms with E-state index in [9.17, 15) is 0 Å². The Morgan fingerprint density at radius 2 is 1.83 bits per heavy atom. The van der Waals surface area contributed by atoms with E-state index in [1.165, 1.54) is 0 Å². The first-order chi connectivity index (χ1) is 11.6. The Morgan fingerprint density at radius 1 is 1.04 bits per heavy atom. The van der Waals surface area contributed by atoms with Gasteiger partial charge in [0.25, 0.3) is 0 Å². The van der Waals surface area contributed by atoms with Crippen molar-refractivity contribution in [3.05, 3.63) is 71.6 Å². The Kier molecular flexibility index (Phi) is 4.91. The first-order valence-electron chi connectivity index (χ1n) is 8.03. The second kappa shape index (κ2) is 7.27. The highest BCUT2D eigenvalue weighted by molar-refractivity contribution is 5.53. The van der Waals surface area contributed by atoms with Crippen LogP contribution in [0.5, 0.6) is 0 Å². The van der Waals surface area contributed by atoms with Gasteiger partial charge in [-0.25, -0.2) is 9.97 Å². The van der Waals surface area contributed by atoms with Crippen LogP contribution in [-0.4, -0.2) is 19.9 Å². The van der Waals surface area contributed by atoms with Crippen LogP contribution in [0.25, 0.3) is 11.4 Å². The molecule has 0 aliphatic rings. The predicted molar refractivity (Wildman–Crippen MR) is 94.2 cm³/mol. The third-order valence-corrected chi connectivity index (χ3v) is 3.96. The van der Waals surface area contributed by atoms with Gasteiger partial charge >= 0.3 is 0 Å². The van der Waals surface area contributed by atoms with Crippen LogP contribution in [0.15, 0.2) is 48.9 Å². The molecule has 1 atom stereocenters. The summed E-state index contributed by atoms with van der Waals surface area (Å²) in [6, 6.07) is 10.0. The molecule has 0 aliphatic heterocycles. The van der Waals surface area contributed by atoms with Crippen molar-refractivity contribution in [2.45, 2.75) is 33.4 Å². The molecule has 0 spiro atoms. The van der Waals surface area contributed by atoms with Crippen LogP contribution in [0, 0.1) is 13.8 Å². The standard InChI is InChI=1S/C19H21N5/c1-13-5-4-6-17(23-13)11-21-14(2)18-12-22-19(24-15(18)3)16-7-9-20-10-8-16/h4-10,12,14,21H,11H2,1-3H3. The van der Waals surface area contributed by atoms with Gasteiger partial charge in [0, 0.05) is 53.7 Å². The summed E-state index contributed by atoms with van der Waals surface area (Å²) < 4.78 is 0. The maximum Gasteiger partial charge on any atom is 0.159 e. The summed E-state index contributed by atoms with van der Waals surface area (Å²) in [5.74, 6) is 0.728. The van der Waals surface area contributed by atoms with Crippen LogP contribution < -0.4 is 5.32 Å². The van der Waals surface area contributed by atoms with Crippen LogP contribution in [-0.2, 0) is 6.54 Å². The van der Waals surface area contributed by atoms with E-state index in [1.807, 2.05) is 50.4 Å². The molecule has 3 aromatic rings. The molecule has 0 saturated carbocycles. The number of hydrogen-bond donors (Lipinski definition) is 1. The Hall–Kier alpha value is -2.66. The van der Waals surface area contributed by atoms with Gasteiger partial charge in [-0.05, 0) is 45.0 Å². The second-order valence-corrected chi connectivity index (χ2v) is 5.84. The molecule has 0 radical (unpaired) electrons. The third-order valence-electron chi connectivity index (χ3n) is 3.96. The number of nitrogens with one attached hydrogen (secondary N) is 1. The molecule has 3 aromatic heterocycles. The van der Waals surface area contributed by atoms with E-state index in [0.717, 1.165) is 34.0 Å². The molecule has 24 heavy (non-hydrogen) atoms. The molecule has 3 heterocycles. The highest BCUT2D eigenvalue weighted by Gasteiger charge is 2.12. The van der Waals surface area contributed by atoms with Gasteiger partial charge in [0.15, 0.2) is 5.82 Å². The SMILES string of the molecule is Cc1cccc(CNC(C)c2cnc(-c3ccncc3)nc2C)n1. The van der Waals surface area contributed by atoms with Crippen LogP contribution >= 0.6 is 0 Å². The summed E-state index contributed by atoms with van der Waals surface area (Å²) in [6.07, 6.45) is 5.40. The van der Waals surface area contributed by atoms with E-state index in [1.54, 1.807) is 12.4 Å². The van der Waals surface area contributed by atoms with Gasteiger partial charge in [0.2, 0.25) is 0 Å². The monoisotopic (exact) mass is 319 g/mol. The summed E-state index contributed by atoms with van der Waals surface area (Å²) in [7, 11) is 0. The Morgan fingerprint density at radius 3 is 2.54 bits per heavy atom. The molecule has 0 amide bonds. The number of nitrogens with zero attached hydrogens (tertiary/aromatic N) is 4. The fourth-order valence-corrected chi connectivity index (χ4v) is 2.61. The number of pyridine rings is 2. The van der Waals surface area contributed by atoms with Crippen molar-refractivity contribution < 1.29 is 0 Å². The Balaban J connectivity index is 1.72. The molecular weight excluding hydrogens is 298 g/mol. The van der Waals surface area contributed by atoms with Gasteiger partial charge < -0.3 is 5.32 Å². The lowest BCUT2D eigenvalue weighted by molar-refractivity contribution is 0.560. The predicted octanol–water partition coefficient (Wildman–Crippen LogP) is 3.40. The van der Waals surface area contributed by atoms with Crippen LogP contribution in [0.1, 0.15) is 35.6 Å². The quantitative estimate of drug-likeness (QED) is 0.781. The van der Waals surface area contributed by atoms with Crippen LogP contribution in [0.4, 0.5) is 0 Å². The summed E-state index contributed by atoms with van der Waals surface area (Å²) >= 11 is 0. The average Bonchev–Trinajstić information content (AvgIpc) is 2.60. The maximum absolute atomic E-state index is 4.64. The van der Waals surface area contributed by atoms with Crippen LogP contribution in [0.2, 0.25) is 0 Å². The van der Waals surface area contributed by atoms with Gasteiger partial charge in [-0.1, -0.05) is 6.07 Å². The van der Waals surface area contributed by atoms with Crippen molar-refractivity contribution in [2.75, 3.05) is 0 Å². The lowest BCUT2D eigenvalue weighted by Gasteiger charge is -2.16. The number of aryl methyl sites for hydroxylation is 2. The zero-order valence-corrected chi connectivity index (χ0v) is 14.2. The molecule has 5 nitrogen and oxygen atoms in total. The van der Waals surface area contributed by atoms with Gasteiger partial charge in [-0.15, -0.1) is 0 Å². The van der Waals surface area contributed by atoms with Gasteiger partial charge in [-0.3, -0.25) is 9.97 Å². The van der Waals surface area contributed by atoms with Crippen molar-refractivity contribution >= 4 is 0 Å². The third kappa shape index (κ3) is 3.81. The molecule has 1 N–H and O–H groups in total. The molecule has 0 fully saturated rings. The van der Waals surface area contributed by atoms with E-state index >= 15 is 0 Å². The minimum absolute atomic E-state index is 0.152. The molecule has 0 aromatic carbocycles. The fraction of sp³-hybridized carbons (Fsp3) is 0.263. The summed E-state index contributed by atoms with van der Waals surface area (Å²) in [5.41, 5.74) is 5.12. The van der Waals surface area contributed by atoms with E-state index in [2.05, 4.69) is 32.2 Å². The van der Waals surface area contributed by atoms with Crippen molar-refractivity contribution in [1.29, 1.82) is 0 Å². The van der Waals surface area contributed by atoms with Gasteiger partial charge in [-0.2, -0.15) is 0 Å². The lowest BCUT2D eigenvalue weighted by atomic mass is 10.1. The number of aromatic nitrogens is 4. The summed E-state index contributed by atoms with van der Waals surface area (Å²) in [5, 5.41) is 3.49. The van der Waals surface area contributed by atoms with E-state index in [4.69, 9.17) is 0 Å². The fourth-order valence-electron chi connectivity index (χ4n) is 2.61. The Labute approximate surface area is 142 Å². The molecule has 1 unspecified atom stereocenters. The van der Waals surface area contributed by atoms with Crippen molar-refractivity contribution in [2.24, 2.45) is 0 Å². The normalized spacial score (nSPS) is 12.1. The topological polar surface area (TPSA) is 63.6 Å². The minimum Gasteiger partial charge on any atom is -0.304 e. The minimum atomic E-state index is 0.152. The second-order valence-electron chi connectivity index (χ2n) is 5.84. The molecule has 0 bridgehead atoms. The highest BCUT2D eigenvalue weighted by atomic mass is 14.9. The lowest BCUT2D eigenvalue weighted by Crippen LogP contribution is -2.20. The van der Waals surface area contributed by atoms with Crippen molar-refractivity contribution in [1.82, 2.24) is 25.3 Å². The summed E-state index contributed by atoms with van der Waals surface area (Å²) in [4.78, 5) is 17.7. The van der Waals surface area contributed by atoms with Gasteiger partial charge in [0.1, 0.15) is 0 Å². The smallest absolute Gasteiger partial charge is 0.159 e. The van der Waals surface area contributed by atoms with E-state index in [0.29, 0.717) is 6.54 Å². The van der Waals surface area contributed by atoms with E-state index < -0.39 is 0 Å². The van der Waals surface area contributed by atoms with Crippen LogP contribution in [0.3, 0.4) is 0 Å².